The first-order chi connectivity index (χ1) is 15.8. The van der Waals surface area contributed by atoms with Gasteiger partial charge >= 0.3 is 0 Å². The fourth-order valence-electron chi connectivity index (χ4n) is 3.59. The van der Waals surface area contributed by atoms with Crippen molar-refractivity contribution in [3.05, 3.63) is 81.1 Å². The van der Waals surface area contributed by atoms with Gasteiger partial charge in [-0.3, -0.25) is 9.69 Å². The Morgan fingerprint density at radius 3 is 2.64 bits per heavy atom. The molecule has 0 unspecified atom stereocenters. The van der Waals surface area contributed by atoms with E-state index in [1.54, 1.807) is 16.7 Å². The number of hydrogen-bond acceptors (Lipinski definition) is 6. The van der Waals surface area contributed by atoms with Crippen molar-refractivity contribution in [2.45, 2.75) is 38.1 Å². The number of aryl methyl sites for hydroxylation is 2. The number of nitrogens with zero attached hydrogens (tertiary/aromatic N) is 5. The van der Waals surface area contributed by atoms with E-state index >= 15 is 0 Å². The molecule has 0 bridgehead atoms. The normalized spacial score (nSPS) is 11.1. The molecule has 0 aliphatic rings. The molecule has 2 heterocycles. The van der Waals surface area contributed by atoms with Crippen molar-refractivity contribution >= 4 is 51.4 Å². The fourth-order valence-corrected chi connectivity index (χ4v) is 5.79. The average molecular weight is 498 g/mol. The number of aromatic nitrogens is 4. The lowest BCUT2D eigenvalue weighted by atomic mass is 10.1. The average Bonchev–Trinajstić information content (AvgIpc) is 3.36. The van der Waals surface area contributed by atoms with E-state index in [1.807, 2.05) is 61.2 Å². The van der Waals surface area contributed by atoms with Crippen LogP contribution in [0.5, 0.6) is 0 Å². The number of halogens is 1. The SMILES string of the molecule is CC(=O)N(c1nc(CSc2nnc(Cc3ccccc3)n2C)cs1)c1c(C)cc(C)cc1Cl. The summed E-state index contributed by atoms with van der Waals surface area (Å²) in [6.07, 6.45) is 0.732. The van der Waals surface area contributed by atoms with Crippen LogP contribution in [0.3, 0.4) is 0 Å². The Labute approximate surface area is 206 Å². The molecule has 0 spiro atoms. The molecular formula is C24H24ClN5OS2. The number of hydrogen-bond donors (Lipinski definition) is 0. The van der Waals surface area contributed by atoms with Crippen molar-refractivity contribution in [1.29, 1.82) is 0 Å². The van der Waals surface area contributed by atoms with Crippen molar-refractivity contribution in [3.8, 4) is 0 Å². The molecule has 0 aliphatic carbocycles. The van der Waals surface area contributed by atoms with Crippen LogP contribution in [0.25, 0.3) is 0 Å². The predicted molar refractivity (Wildman–Crippen MR) is 136 cm³/mol. The number of amides is 1. The zero-order valence-electron chi connectivity index (χ0n) is 18.9. The summed E-state index contributed by atoms with van der Waals surface area (Å²) < 4.78 is 2.02. The minimum absolute atomic E-state index is 0.128. The maximum absolute atomic E-state index is 12.5. The van der Waals surface area contributed by atoms with Crippen LogP contribution in [0.2, 0.25) is 5.02 Å². The van der Waals surface area contributed by atoms with E-state index in [2.05, 4.69) is 22.3 Å². The molecule has 0 fully saturated rings. The van der Waals surface area contributed by atoms with Crippen LogP contribution in [0, 0.1) is 13.8 Å². The van der Waals surface area contributed by atoms with Crippen LogP contribution in [0.4, 0.5) is 10.8 Å². The Balaban J connectivity index is 1.49. The van der Waals surface area contributed by atoms with Gasteiger partial charge in [-0.2, -0.15) is 0 Å². The lowest BCUT2D eigenvalue weighted by molar-refractivity contribution is -0.115. The van der Waals surface area contributed by atoms with Gasteiger partial charge in [0, 0.05) is 31.5 Å². The summed E-state index contributed by atoms with van der Waals surface area (Å²) in [6.45, 7) is 5.46. The van der Waals surface area contributed by atoms with E-state index in [-0.39, 0.29) is 5.91 Å². The van der Waals surface area contributed by atoms with Gasteiger partial charge in [-0.05, 0) is 36.6 Å². The van der Waals surface area contributed by atoms with E-state index in [0.29, 0.717) is 21.6 Å². The zero-order valence-corrected chi connectivity index (χ0v) is 21.3. The highest BCUT2D eigenvalue weighted by Gasteiger charge is 2.23. The van der Waals surface area contributed by atoms with E-state index < -0.39 is 0 Å². The van der Waals surface area contributed by atoms with Crippen molar-refractivity contribution in [2.24, 2.45) is 7.05 Å². The van der Waals surface area contributed by atoms with Gasteiger partial charge in [0.05, 0.1) is 16.4 Å². The van der Waals surface area contributed by atoms with Crippen molar-refractivity contribution in [2.75, 3.05) is 4.90 Å². The minimum atomic E-state index is -0.128. The molecule has 170 valence electrons. The van der Waals surface area contributed by atoms with Crippen molar-refractivity contribution in [1.82, 2.24) is 19.7 Å². The Bertz CT molecular complexity index is 1260. The third kappa shape index (κ3) is 5.29. The maximum Gasteiger partial charge on any atom is 0.230 e. The number of anilines is 2. The number of thioether (sulfide) groups is 1. The molecule has 0 saturated heterocycles. The Morgan fingerprint density at radius 1 is 1.18 bits per heavy atom. The molecule has 4 rings (SSSR count). The lowest BCUT2D eigenvalue weighted by Gasteiger charge is -2.22. The summed E-state index contributed by atoms with van der Waals surface area (Å²) in [6, 6.07) is 14.1. The standard InChI is InChI=1S/C24H24ClN5OS2/c1-15-10-16(2)22(20(25)11-15)30(17(3)31)23-26-19(13-32-23)14-33-24-28-27-21(29(24)4)12-18-8-6-5-7-9-18/h5-11,13H,12,14H2,1-4H3. The minimum Gasteiger partial charge on any atom is -0.309 e. The van der Waals surface area contributed by atoms with Gasteiger partial charge in [-0.15, -0.1) is 21.5 Å². The first kappa shape index (κ1) is 23.5. The molecule has 2 aromatic heterocycles. The number of thiazole rings is 1. The highest BCUT2D eigenvalue weighted by molar-refractivity contribution is 7.98. The van der Waals surface area contributed by atoms with Gasteiger partial charge in [0.2, 0.25) is 5.91 Å². The lowest BCUT2D eigenvalue weighted by Crippen LogP contribution is -2.24. The van der Waals surface area contributed by atoms with E-state index in [0.717, 1.165) is 34.2 Å². The second-order valence-corrected chi connectivity index (χ2v) is 9.98. The number of benzene rings is 2. The monoisotopic (exact) mass is 497 g/mol. The highest BCUT2D eigenvalue weighted by Crippen LogP contribution is 2.38. The summed E-state index contributed by atoms with van der Waals surface area (Å²) in [5, 5.41) is 12.6. The Kier molecular flexibility index (Phi) is 7.17. The molecule has 6 nitrogen and oxygen atoms in total. The smallest absolute Gasteiger partial charge is 0.230 e. The fraction of sp³-hybridized carbons (Fsp3) is 0.250. The van der Waals surface area contributed by atoms with Crippen LogP contribution in [0.1, 0.15) is 35.1 Å². The van der Waals surface area contributed by atoms with E-state index in [4.69, 9.17) is 16.6 Å². The van der Waals surface area contributed by atoms with Crippen LogP contribution < -0.4 is 4.90 Å². The van der Waals surface area contributed by atoms with Crippen LogP contribution in [-0.2, 0) is 24.0 Å². The van der Waals surface area contributed by atoms with Crippen molar-refractivity contribution < 1.29 is 4.79 Å². The van der Waals surface area contributed by atoms with Gasteiger partial charge in [0.15, 0.2) is 10.3 Å². The van der Waals surface area contributed by atoms with Gasteiger partial charge in [-0.25, -0.2) is 4.98 Å². The molecule has 33 heavy (non-hydrogen) atoms. The third-order valence-corrected chi connectivity index (χ3v) is 7.36. The topological polar surface area (TPSA) is 63.9 Å². The van der Waals surface area contributed by atoms with Crippen LogP contribution in [-0.4, -0.2) is 25.7 Å². The van der Waals surface area contributed by atoms with Gasteiger partial charge in [0.25, 0.3) is 0 Å². The van der Waals surface area contributed by atoms with Crippen LogP contribution in [0.15, 0.2) is 53.0 Å². The van der Waals surface area contributed by atoms with E-state index in [9.17, 15) is 4.79 Å². The molecule has 0 N–H and O–H groups in total. The molecule has 0 saturated carbocycles. The Hall–Kier alpha value is -2.68. The third-order valence-electron chi connectivity index (χ3n) is 5.15. The van der Waals surface area contributed by atoms with Crippen molar-refractivity contribution in [3.63, 3.8) is 0 Å². The van der Waals surface area contributed by atoms with Gasteiger partial charge in [0.1, 0.15) is 5.82 Å². The highest BCUT2D eigenvalue weighted by atomic mass is 35.5. The molecule has 0 atom stereocenters. The molecule has 0 radical (unpaired) electrons. The first-order valence-electron chi connectivity index (χ1n) is 10.4. The van der Waals surface area contributed by atoms with E-state index in [1.165, 1.54) is 23.8 Å². The summed E-state index contributed by atoms with van der Waals surface area (Å²) in [7, 11) is 1.98. The summed E-state index contributed by atoms with van der Waals surface area (Å²) >= 11 is 9.51. The zero-order chi connectivity index (χ0) is 23.5. The molecule has 1 amide bonds. The quantitative estimate of drug-likeness (QED) is 0.288. The molecular weight excluding hydrogens is 474 g/mol. The molecule has 0 aliphatic heterocycles. The number of carbonyl (C=O) groups is 1. The second-order valence-electron chi connectivity index (χ2n) is 7.80. The Morgan fingerprint density at radius 2 is 1.94 bits per heavy atom. The number of rotatable bonds is 7. The molecule has 9 heteroatoms. The van der Waals surface area contributed by atoms with Gasteiger partial charge < -0.3 is 4.57 Å². The second kappa shape index (κ2) is 10.1. The van der Waals surface area contributed by atoms with Gasteiger partial charge in [-0.1, -0.05) is 59.8 Å². The summed E-state index contributed by atoms with van der Waals surface area (Å²) in [4.78, 5) is 18.8. The summed E-state index contributed by atoms with van der Waals surface area (Å²) in [5.41, 5.74) is 4.74. The predicted octanol–water partition coefficient (Wildman–Crippen LogP) is 6.11. The largest absolute Gasteiger partial charge is 0.309 e. The maximum atomic E-state index is 12.5. The van der Waals surface area contributed by atoms with Crippen LogP contribution >= 0.6 is 34.7 Å². The first-order valence-corrected chi connectivity index (χ1v) is 12.6. The number of carbonyl (C=O) groups excluding carboxylic acids is 1. The summed E-state index contributed by atoms with van der Waals surface area (Å²) in [5.74, 6) is 1.41. The molecule has 4 aromatic rings. The molecule has 2 aromatic carbocycles.